The van der Waals surface area contributed by atoms with Crippen LogP contribution in [0.2, 0.25) is 0 Å². The first-order valence-corrected chi connectivity index (χ1v) is 7.84. The smallest absolute Gasteiger partial charge is 0.162 e. The summed E-state index contributed by atoms with van der Waals surface area (Å²) in [6, 6.07) is 4.17. The lowest BCUT2D eigenvalue weighted by Gasteiger charge is -2.38. The summed E-state index contributed by atoms with van der Waals surface area (Å²) in [6.45, 7) is 1.95. The summed E-state index contributed by atoms with van der Waals surface area (Å²) in [4.78, 5) is 0. The number of fused-ring (bicyclic) bond motifs is 1. The minimum atomic E-state index is 0.104. The summed E-state index contributed by atoms with van der Waals surface area (Å²) in [5, 5.41) is 0. The third kappa shape index (κ3) is 2.36. The van der Waals surface area contributed by atoms with E-state index in [-0.39, 0.29) is 5.41 Å². The quantitative estimate of drug-likeness (QED) is 0.906. The first-order chi connectivity index (χ1) is 9.25. The Kier molecular flexibility index (Phi) is 3.72. The van der Waals surface area contributed by atoms with Gasteiger partial charge in [-0.1, -0.05) is 35.2 Å². The molecular weight excluding hydrogens is 306 g/mol. The van der Waals surface area contributed by atoms with Crippen LogP contribution in [0.25, 0.3) is 0 Å². The molecule has 1 heterocycles. The molecule has 0 radical (unpaired) electrons. The maximum atomic E-state index is 6.12. The number of halogens is 1. The number of benzene rings is 1. The fraction of sp³-hybridized carbons (Fsp3) is 0.600. The van der Waals surface area contributed by atoms with E-state index in [9.17, 15) is 0 Å². The van der Waals surface area contributed by atoms with Gasteiger partial charge in [0.05, 0.1) is 0 Å². The van der Waals surface area contributed by atoms with Crippen LogP contribution in [-0.4, -0.2) is 19.8 Å². The molecule has 0 unspecified atom stereocenters. The third-order valence-electron chi connectivity index (χ3n) is 4.40. The van der Waals surface area contributed by atoms with Gasteiger partial charge in [-0.15, -0.1) is 0 Å². The van der Waals surface area contributed by atoms with Gasteiger partial charge in [-0.05, 0) is 30.5 Å². The maximum Gasteiger partial charge on any atom is 0.162 e. The standard InChI is InChI=1S/C15H20BrNO2/c16-12-9-14-13(18-6-7-19-14)8-11(12)15(10-17)4-2-1-3-5-15/h8-9H,1-7,10,17H2. The molecule has 1 aromatic rings. The molecule has 3 nitrogen and oxygen atoms in total. The third-order valence-corrected chi connectivity index (χ3v) is 5.06. The van der Waals surface area contributed by atoms with E-state index in [0.717, 1.165) is 16.0 Å². The average Bonchev–Trinajstić information content (AvgIpc) is 2.47. The van der Waals surface area contributed by atoms with Crippen molar-refractivity contribution in [3.8, 4) is 11.5 Å². The van der Waals surface area contributed by atoms with Gasteiger partial charge in [0.1, 0.15) is 13.2 Å². The molecule has 1 aromatic carbocycles. The summed E-state index contributed by atoms with van der Waals surface area (Å²) >= 11 is 3.70. The van der Waals surface area contributed by atoms with E-state index in [2.05, 4.69) is 22.0 Å². The zero-order valence-corrected chi connectivity index (χ0v) is 12.7. The highest BCUT2D eigenvalue weighted by atomic mass is 79.9. The van der Waals surface area contributed by atoms with Crippen LogP contribution in [0.15, 0.2) is 16.6 Å². The van der Waals surface area contributed by atoms with E-state index < -0.39 is 0 Å². The van der Waals surface area contributed by atoms with Gasteiger partial charge in [-0.3, -0.25) is 0 Å². The summed E-state index contributed by atoms with van der Waals surface area (Å²) in [5.74, 6) is 1.70. The number of hydrogen-bond donors (Lipinski definition) is 1. The van der Waals surface area contributed by atoms with Crippen molar-refractivity contribution in [1.82, 2.24) is 0 Å². The highest BCUT2D eigenvalue weighted by Crippen LogP contribution is 2.45. The predicted octanol–water partition coefficient (Wildman–Crippen LogP) is 3.38. The van der Waals surface area contributed by atoms with Crippen molar-refractivity contribution in [2.45, 2.75) is 37.5 Å². The summed E-state index contributed by atoms with van der Waals surface area (Å²) in [5.41, 5.74) is 7.52. The first kappa shape index (κ1) is 13.3. The Morgan fingerprint density at radius 1 is 1.05 bits per heavy atom. The molecule has 0 amide bonds. The fourth-order valence-corrected chi connectivity index (χ4v) is 4.03. The SMILES string of the molecule is NCC1(c2cc3c(cc2Br)OCCO3)CCCCC1. The molecule has 19 heavy (non-hydrogen) atoms. The van der Waals surface area contributed by atoms with E-state index in [4.69, 9.17) is 15.2 Å². The molecule has 4 heteroatoms. The van der Waals surface area contributed by atoms with Gasteiger partial charge in [-0.25, -0.2) is 0 Å². The lowest BCUT2D eigenvalue weighted by Crippen LogP contribution is -2.37. The van der Waals surface area contributed by atoms with E-state index in [1.54, 1.807) is 0 Å². The van der Waals surface area contributed by atoms with Crippen LogP contribution in [0.3, 0.4) is 0 Å². The van der Waals surface area contributed by atoms with Crippen LogP contribution >= 0.6 is 15.9 Å². The van der Waals surface area contributed by atoms with Crippen molar-refractivity contribution in [1.29, 1.82) is 0 Å². The second-order valence-corrected chi connectivity index (χ2v) is 6.38. The van der Waals surface area contributed by atoms with Gasteiger partial charge in [0, 0.05) is 16.4 Å². The molecule has 1 aliphatic heterocycles. The predicted molar refractivity (Wildman–Crippen MR) is 78.9 cm³/mol. The molecule has 0 bridgehead atoms. The lowest BCUT2D eigenvalue weighted by atomic mass is 9.69. The Labute approximate surface area is 122 Å². The van der Waals surface area contributed by atoms with Crippen molar-refractivity contribution >= 4 is 15.9 Å². The summed E-state index contributed by atoms with van der Waals surface area (Å²) in [7, 11) is 0. The molecular formula is C15H20BrNO2. The van der Waals surface area contributed by atoms with Crippen molar-refractivity contribution < 1.29 is 9.47 Å². The second kappa shape index (κ2) is 5.33. The van der Waals surface area contributed by atoms with Gasteiger partial charge >= 0.3 is 0 Å². The van der Waals surface area contributed by atoms with Crippen molar-refractivity contribution in [3.05, 3.63) is 22.2 Å². The Hall–Kier alpha value is -0.740. The zero-order chi connectivity index (χ0) is 13.3. The van der Waals surface area contributed by atoms with Crippen molar-refractivity contribution in [2.24, 2.45) is 5.73 Å². The number of rotatable bonds is 2. The summed E-state index contributed by atoms with van der Waals surface area (Å²) < 4.78 is 12.4. The Balaban J connectivity index is 2.03. The fourth-order valence-electron chi connectivity index (χ4n) is 3.28. The topological polar surface area (TPSA) is 44.5 Å². The van der Waals surface area contributed by atoms with Gasteiger partial charge in [0.15, 0.2) is 11.5 Å². The second-order valence-electron chi connectivity index (χ2n) is 5.52. The normalized spacial score (nSPS) is 21.2. The highest BCUT2D eigenvalue weighted by molar-refractivity contribution is 9.10. The minimum Gasteiger partial charge on any atom is -0.486 e. The highest BCUT2D eigenvalue weighted by Gasteiger charge is 2.35. The summed E-state index contributed by atoms with van der Waals surface area (Å²) in [6.07, 6.45) is 6.18. The lowest BCUT2D eigenvalue weighted by molar-refractivity contribution is 0.170. The molecule has 0 aromatic heterocycles. The molecule has 104 valence electrons. The molecule has 0 spiro atoms. The Morgan fingerprint density at radius 2 is 1.68 bits per heavy atom. The molecule has 1 fully saturated rings. The van der Waals surface area contributed by atoms with E-state index >= 15 is 0 Å². The number of hydrogen-bond acceptors (Lipinski definition) is 3. The maximum absolute atomic E-state index is 6.12. The first-order valence-electron chi connectivity index (χ1n) is 7.05. The van der Waals surface area contributed by atoms with Gasteiger partial charge in [0.2, 0.25) is 0 Å². The largest absolute Gasteiger partial charge is 0.486 e. The monoisotopic (exact) mass is 325 g/mol. The minimum absolute atomic E-state index is 0.104. The molecule has 0 saturated heterocycles. The molecule has 2 aliphatic rings. The Morgan fingerprint density at radius 3 is 2.32 bits per heavy atom. The van der Waals surface area contributed by atoms with Gasteiger partial charge < -0.3 is 15.2 Å². The molecule has 1 aliphatic carbocycles. The van der Waals surface area contributed by atoms with Crippen LogP contribution in [0.1, 0.15) is 37.7 Å². The van der Waals surface area contributed by atoms with Crippen molar-refractivity contribution in [2.75, 3.05) is 19.8 Å². The van der Waals surface area contributed by atoms with Gasteiger partial charge in [0.25, 0.3) is 0 Å². The zero-order valence-electron chi connectivity index (χ0n) is 11.1. The van der Waals surface area contributed by atoms with Gasteiger partial charge in [-0.2, -0.15) is 0 Å². The van der Waals surface area contributed by atoms with E-state index in [1.165, 1.54) is 37.7 Å². The number of ether oxygens (including phenoxy) is 2. The van der Waals surface area contributed by atoms with E-state index in [1.807, 2.05) is 6.07 Å². The molecule has 1 saturated carbocycles. The van der Waals surface area contributed by atoms with Crippen molar-refractivity contribution in [3.63, 3.8) is 0 Å². The molecule has 2 N–H and O–H groups in total. The average molecular weight is 326 g/mol. The van der Waals surface area contributed by atoms with Crippen LogP contribution in [0, 0.1) is 0 Å². The van der Waals surface area contributed by atoms with Crippen LogP contribution < -0.4 is 15.2 Å². The van der Waals surface area contributed by atoms with Crippen LogP contribution in [-0.2, 0) is 5.41 Å². The number of nitrogens with two attached hydrogens (primary N) is 1. The Bertz CT molecular complexity index is 469. The molecule has 3 rings (SSSR count). The molecule has 0 atom stereocenters. The van der Waals surface area contributed by atoms with E-state index in [0.29, 0.717) is 19.8 Å². The van der Waals surface area contributed by atoms with Crippen LogP contribution in [0.5, 0.6) is 11.5 Å². The van der Waals surface area contributed by atoms with Crippen LogP contribution in [0.4, 0.5) is 0 Å².